The number of nitrogens with one attached hydrogen (secondary N) is 3. The van der Waals surface area contributed by atoms with E-state index in [9.17, 15) is 14.4 Å². The molecule has 0 bridgehead atoms. The zero-order valence-corrected chi connectivity index (χ0v) is 23.9. The Hall–Kier alpha value is -4.93. The second kappa shape index (κ2) is 12.3. The Morgan fingerprint density at radius 2 is 1.69 bits per heavy atom. The molecule has 3 aromatic carbocycles. The van der Waals surface area contributed by atoms with Gasteiger partial charge in [-0.15, -0.1) is 0 Å². The highest BCUT2D eigenvalue weighted by Gasteiger charge is 2.29. The van der Waals surface area contributed by atoms with E-state index in [1.807, 2.05) is 6.07 Å². The van der Waals surface area contributed by atoms with Gasteiger partial charge in [0.25, 0.3) is 0 Å². The molecule has 0 spiro atoms. The van der Waals surface area contributed by atoms with Crippen molar-refractivity contribution in [3.05, 3.63) is 63.8 Å². The first-order valence-corrected chi connectivity index (χ1v) is 13.5. The van der Waals surface area contributed by atoms with Crippen molar-refractivity contribution in [1.29, 1.82) is 0 Å². The Kier molecular flexibility index (Phi) is 8.37. The standard InChI is InChI=1S/C31H33N3O8/c1-17(35)33-22-8-5-18-13-27(38-2)30(39-3)31(40-4)29(18)20-7-9-23(24(36)15-21(20)22)32-16-28(37)34-19-6-10-25-26(14-19)42-12-11-41-25/h6-7,9-10,13-15,22H,5,8,11-12,16H2,1-4H3,(H,32,36)(H,33,35)(H,34,37)/t22-/m0/s1. The summed E-state index contributed by atoms with van der Waals surface area (Å²) in [7, 11) is 4.63. The average Bonchev–Trinajstić information content (AvgIpc) is 3.23. The van der Waals surface area contributed by atoms with Crippen molar-refractivity contribution in [3.8, 4) is 39.9 Å². The van der Waals surface area contributed by atoms with E-state index in [0.717, 1.165) is 11.1 Å². The molecule has 220 valence electrons. The van der Waals surface area contributed by atoms with Crippen LogP contribution in [0.4, 0.5) is 11.4 Å². The predicted molar refractivity (Wildman–Crippen MR) is 157 cm³/mol. The Labute approximate surface area is 243 Å². The van der Waals surface area contributed by atoms with E-state index < -0.39 is 6.04 Å². The maximum atomic E-state index is 13.4. The molecule has 0 fully saturated rings. The molecule has 1 aliphatic carbocycles. The third kappa shape index (κ3) is 5.76. The van der Waals surface area contributed by atoms with Gasteiger partial charge in [-0.2, -0.15) is 0 Å². The van der Waals surface area contributed by atoms with Crippen molar-refractivity contribution >= 4 is 23.2 Å². The number of methoxy groups -OCH3 is 3. The first-order valence-electron chi connectivity index (χ1n) is 13.5. The van der Waals surface area contributed by atoms with E-state index in [1.54, 1.807) is 44.6 Å². The van der Waals surface area contributed by atoms with Gasteiger partial charge in [0.15, 0.2) is 23.0 Å². The fourth-order valence-electron chi connectivity index (χ4n) is 5.36. The van der Waals surface area contributed by atoms with Gasteiger partial charge in [-0.05, 0) is 59.9 Å². The van der Waals surface area contributed by atoms with E-state index >= 15 is 0 Å². The van der Waals surface area contributed by atoms with Crippen LogP contribution in [0.1, 0.15) is 30.5 Å². The van der Waals surface area contributed by atoms with Crippen LogP contribution < -0.4 is 45.1 Å². The smallest absolute Gasteiger partial charge is 0.243 e. The van der Waals surface area contributed by atoms with Crippen LogP contribution in [0.5, 0.6) is 28.7 Å². The van der Waals surface area contributed by atoms with Crippen molar-refractivity contribution < 1.29 is 33.3 Å². The topological polar surface area (TPSA) is 133 Å². The number of rotatable bonds is 8. The molecule has 1 atom stereocenters. The summed E-state index contributed by atoms with van der Waals surface area (Å²) in [6.07, 6.45) is 1.14. The van der Waals surface area contributed by atoms with Crippen LogP contribution in [0.2, 0.25) is 0 Å². The number of aryl methyl sites for hydroxylation is 1. The van der Waals surface area contributed by atoms with Gasteiger partial charge in [-0.1, -0.05) is 6.07 Å². The molecule has 42 heavy (non-hydrogen) atoms. The van der Waals surface area contributed by atoms with Gasteiger partial charge in [0.05, 0.1) is 39.6 Å². The quantitative estimate of drug-likeness (QED) is 0.368. The van der Waals surface area contributed by atoms with Crippen molar-refractivity contribution in [2.75, 3.05) is 51.7 Å². The number of benzene rings is 2. The molecule has 0 radical (unpaired) electrons. The number of ether oxygens (including phenoxy) is 5. The minimum Gasteiger partial charge on any atom is -0.493 e. The summed E-state index contributed by atoms with van der Waals surface area (Å²) in [5, 5.41) is 8.75. The molecule has 1 aliphatic heterocycles. The van der Waals surface area contributed by atoms with Crippen LogP contribution >= 0.6 is 0 Å². The van der Waals surface area contributed by atoms with Gasteiger partial charge in [0.2, 0.25) is 23.0 Å². The summed E-state index contributed by atoms with van der Waals surface area (Å²) in [6, 6.07) is 11.5. The molecule has 0 saturated carbocycles. The highest BCUT2D eigenvalue weighted by atomic mass is 16.6. The number of carbonyl (C=O) groups is 2. The minimum atomic E-state index is -0.432. The van der Waals surface area contributed by atoms with Crippen LogP contribution in [-0.4, -0.2) is 52.9 Å². The van der Waals surface area contributed by atoms with Gasteiger partial charge in [-0.25, -0.2) is 0 Å². The first kappa shape index (κ1) is 28.6. The normalized spacial score (nSPS) is 14.8. The molecule has 0 aromatic heterocycles. The average molecular weight is 576 g/mol. The highest BCUT2D eigenvalue weighted by Crippen LogP contribution is 2.50. The second-order valence-electron chi connectivity index (χ2n) is 9.86. The van der Waals surface area contributed by atoms with Crippen LogP contribution in [-0.2, 0) is 16.0 Å². The van der Waals surface area contributed by atoms with E-state index in [0.29, 0.717) is 71.6 Å². The lowest BCUT2D eigenvalue weighted by Crippen LogP contribution is -2.27. The molecule has 0 unspecified atom stereocenters. The molecule has 2 aliphatic rings. The SMILES string of the molecule is COc1cc2c(c(OC)c1OC)-c1ccc(NCC(=O)Nc3ccc4c(c3)OCCO4)c(=O)cc1[C@@H](NC(C)=O)CC2. The fraction of sp³-hybridized carbons (Fsp3) is 0.323. The number of fused-ring (bicyclic) bond motifs is 4. The molecule has 3 N–H and O–H groups in total. The molecule has 0 saturated heterocycles. The molecule has 11 heteroatoms. The monoisotopic (exact) mass is 575 g/mol. The predicted octanol–water partition coefficient (Wildman–Crippen LogP) is 3.68. The fourth-order valence-corrected chi connectivity index (χ4v) is 5.36. The zero-order valence-electron chi connectivity index (χ0n) is 23.9. The Bertz CT molecular complexity index is 1590. The number of amides is 2. The number of hydrogen-bond acceptors (Lipinski definition) is 9. The zero-order chi connectivity index (χ0) is 29.8. The van der Waals surface area contributed by atoms with Crippen molar-refractivity contribution in [3.63, 3.8) is 0 Å². The summed E-state index contributed by atoms with van der Waals surface area (Å²) in [5.41, 5.74) is 3.44. The lowest BCUT2D eigenvalue weighted by atomic mass is 9.95. The van der Waals surface area contributed by atoms with Crippen LogP contribution in [0, 0.1) is 0 Å². The molecular formula is C31H33N3O8. The second-order valence-corrected chi connectivity index (χ2v) is 9.86. The maximum Gasteiger partial charge on any atom is 0.243 e. The van der Waals surface area contributed by atoms with Gasteiger partial charge in [-0.3, -0.25) is 14.4 Å². The Morgan fingerprint density at radius 1 is 0.929 bits per heavy atom. The Morgan fingerprint density at radius 3 is 2.40 bits per heavy atom. The third-order valence-corrected chi connectivity index (χ3v) is 7.18. The summed E-state index contributed by atoms with van der Waals surface area (Å²) < 4.78 is 28.1. The lowest BCUT2D eigenvalue weighted by Gasteiger charge is -2.19. The summed E-state index contributed by atoms with van der Waals surface area (Å²) in [5.74, 6) is 2.02. The summed E-state index contributed by atoms with van der Waals surface area (Å²) in [4.78, 5) is 38.3. The first-order chi connectivity index (χ1) is 20.3. The molecule has 1 heterocycles. The number of carbonyl (C=O) groups excluding carboxylic acids is 2. The van der Waals surface area contributed by atoms with Gasteiger partial charge >= 0.3 is 0 Å². The molecule has 11 nitrogen and oxygen atoms in total. The van der Waals surface area contributed by atoms with E-state index in [-0.39, 0.29) is 29.5 Å². The van der Waals surface area contributed by atoms with Gasteiger partial charge < -0.3 is 39.6 Å². The van der Waals surface area contributed by atoms with Crippen molar-refractivity contribution in [1.82, 2.24) is 5.32 Å². The molecule has 3 aromatic rings. The largest absolute Gasteiger partial charge is 0.493 e. The van der Waals surface area contributed by atoms with Crippen molar-refractivity contribution in [2.45, 2.75) is 25.8 Å². The van der Waals surface area contributed by atoms with Crippen LogP contribution in [0.15, 0.2) is 47.3 Å². The molecule has 5 rings (SSSR count). The number of hydrogen-bond donors (Lipinski definition) is 3. The van der Waals surface area contributed by atoms with Gasteiger partial charge in [0, 0.05) is 24.2 Å². The summed E-state index contributed by atoms with van der Waals surface area (Å²) in [6.45, 7) is 2.20. The molecular weight excluding hydrogens is 542 g/mol. The lowest BCUT2D eigenvalue weighted by molar-refractivity contribution is -0.119. The van der Waals surface area contributed by atoms with Crippen LogP contribution in [0.25, 0.3) is 11.1 Å². The number of anilines is 2. The van der Waals surface area contributed by atoms with Crippen LogP contribution in [0.3, 0.4) is 0 Å². The summed E-state index contributed by atoms with van der Waals surface area (Å²) >= 11 is 0. The van der Waals surface area contributed by atoms with E-state index in [2.05, 4.69) is 16.0 Å². The van der Waals surface area contributed by atoms with E-state index in [1.165, 1.54) is 20.1 Å². The third-order valence-electron chi connectivity index (χ3n) is 7.18. The van der Waals surface area contributed by atoms with Crippen molar-refractivity contribution in [2.24, 2.45) is 0 Å². The highest BCUT2D eigenvalue weighted by molar-refractivity contribution is 5.94. The minimum absolute atomic E-state index is 0.154. The van der Waals surface area contributed by atoms with E-state index in [4.69, 9.17) is 23.7 Å². The molecule has 2 amide bonds. The maximum absolute atomic E-state index is 13.4. The van der Waals surface area contributed by atoms with Gasteiger partial charge in [0.1, 0.15) is 13.2 Å². The Balaban J connectivity index is 1.48.